The number of hydrogen-bond acceptors (Lipinski definition) is 1. The van der Waals surface area contributed by atoms with Gasteiger partial charge in [0.25, 0.3) is 0 Å². The Morgan fingerprint density at radius 1 is 0.806 bits per heavy atom. The number of carbonyl (C=O) groups excluding carboxylic acids is 1. The highest BCUT2D eigenvalue weighted by atomic mass is 28.3. The van der Waals surface area contributed by atoms with E-state index in [0.29, 0.717) is 6.54 Å². The molecule has 1 aliphatic rings. The number of rotatable bonds is 5. The van der Waals surface area contributed by atoms with E-state index in [1.807, 2.05) is 59.5 Å². The predicted molar refractivity (Wildman–Crippen MR) is 132 cm³/mol. The topological polar surface area (TPSA) is 20.3 Å². The van der Waals surface area contributed by atoms with Crippen LogP contribution < -0.4 is 0 Å². The number of hydrogen-bond donors (Lipinski definition) is 0. The van der Waals surface area contributed by atoms with E-state index in [9.17, 15) is 4.79 Å². The fraction of sp³-hybridized carbons (Fsp3) is 0.179. The molecule has 3 heteroatoms. The summed E-state index contributed by atoms with van der Waals surface area (Å²) >= 11 is 0. The van der Waals surface area contributed by atoms with Crippen LogP contribution in [0.2, 0.25) is 19.6 Å². The summed E-state index contributed by atoms with van der Waals surface area (Å²) in [4.78, 5) is 16.2. The lowest BCUT2D eigenvalue weighted by Gasteiger charge is -2.43. The molecule has 2 nitrogen and oxygen atoms in total. The van der Waals surface area contributed by atoms with Gasteiger partial charge in [-0.15, -0.1) is 0 Å². The Morgan fingerprint density at radius 2 is 1.32 bits per heavy atom. The van der Waals surface area contributed by atoms with Crippen molar-refractivity contribution in [1.29, 1.82) is 0 Å². The zero-order chi connectivity index (χ0) is 22.0. The molecule has 0 aromatic heterocycles. The monoisotopic (exact) mass is 423 g/mol. The van der Waals surface area contributed by atoms with Crippen LogP contribution in [-0.2, 0) is 11.3 Å². The molecule has 0 saturated carbocycles. The van der Waals surface area contributed by atoms with E-state index in [2.05, 4.69) is 62.6 Å². The normalized spacial score (nSPS) is 17.3. The summed E-state index contributed by atoms with van der Waals surface area (Å²) < 4.78 is 0. The van der Waals surface area contributed by atoms with Gasteiger partial charge >= 0.3 is 0 Å². The number of benzene rings is 3. The van der Waals surface area contributed by atoms with Crippen LogP contribution in [0.3, 0.4) is 0 Å². The standard InChI is InChI=1S/C28H29NOSi/c1-21-25(23-16-10-6-11-17-23)27(31(2,3)4)28(30)29(20-22-14-8-5-9-15-22)26(21)24-18-12-7-13-19-24/h5-19,26H,1,20H2,2-4H3. The van der Waals surface area contributed by atoms with Gasteiger partial charge in [0.05, 0.1) is 14.1 Å². The van der Waals surface area contributed by atoms with Gasteiger partial charge in [0.15, 0.2) is 0 Å². The lowest BCUT2D eigenvalue weighted by atomic mass is 9.85. The molecule has 0 spiro atoms. The summed E-state index contributed by atoms with van der Waals surface area (Å²) in [5, 5.41) is 0.965. The zero-order valence-electron chi connectivity index (χ0n) is 18.5. The Bertz CT molecular complexity index is 1110. The van der Waals surface area contributed by atoms with Crippen LogP contribution in [0.15, 0.2) is 108 Å². The van der Waals surface area contributed by atoms with Gasteiger partial charge < -0.3 is 4.90 Å². The van der Waals surface area contributed by atoms with E-state index in [1.54, 1.807) is 0 Å². The van der Waals surface area contributed by atoms with E-state index in [0.717, 1.165) is 33.0 Å². The van der Waals surface area contributed by atoms with Crippen molar-refractivity contribution >= 4 is 19.6 Å². The lowest BCUT2D eigenvalue weighted by molar-refractivity contribution is -0.129. The smallest absolute Gasteiger partial charge is 0.247 e. The van der Waals surface area contributed by atoms with Crippen molar-refractivity contribution in [2.75, 3.05) is 0 Å². The Kier molecular flexibility index (Phi) is 5.79. The minimum Gasteiger partial charge on any atom is -0.324 e. The van der Waals surface area contributed by atoms with Crippen LogP contribution in [0.4, 0.5) is 0 Å². The minimum absolute atomic E-state index is 0.142. The second kappa shape index (κ2) is 8.52. The van der Waals surface area contributed by atoms with Gasteiger partial charge in [0, 0.05) is 11.7 Å². The van der Waals surface area contributed by atoms with Gasteiger partial charge in [0.2, 0.25) is 5.91 Å². The Labute approximate surface area is 186 Å². The minimum atomic E-state index is -1.97. The highest BCUT2D eigenvalue weighted by molar-refractivity contribution is 6.88. The molecule has 1 atom stereocenters. The van der Waals surface area contributed by atoms with Gasteiger partial charge in [-0.3, -0.25) is 4.79 Å². The third-order valence-electron chi connectivity index (χ3n) is 5.81. The van der Waals surface area contributed by atoms with Crippen molar-refractivity contribution < 1.29 is 4.79 Å². The summed E-state index contributed by atoms with van der Waals surface area (Å²) in [6.07, 6.45) is 0. The molecule has 1 unspecified atom stereocenters. The fourth-order valence-corrected chi connectivity index (χ4v) is 6.28. The first-order chi connectivity index (χ1) is 14.9. The molecule has 1 aliphatic heterocycles. The number of amides is 1. The molecule has 0 bridgehead atoms. The first-order valence-corrected chi connectivity index (χ1v) is 14.3. The maximum absolute atomic E-state index is 14.2. The van der Waals surface area contributed by atoms with Crippen LogP contribution in [0.1, 0.15) is 22.7 Å². The first-order valence-electron chi connectivity index (χ1n) is 10.8. The molecule has 1 heterocycles. The summed E-state index contributed by atoms with van der Waals surface area (Å²) in [5.74, 6) is 0.142. The maximum Gasteiger partial charge on any atom is 0.247 e. The van der Waals surface area contributed by atoms with Crippen LogP contribution in [-0.4, -0.2) is 18.9 Å². The predicted octanol–water partition coefficient (Wildman–Crippen LogP) is 6.66. The second-order valence-electron chi connectivity index (χ2n) is 9.12. The number of nitrogens with zero attached hydrogens (tertiary/aromatic N) is 1. The SMILES string of the molecule is C=C1C(c2ccccc2)=C([Si](C)(C)C)C(=O)N(Cc2ccccc2)C1c1ccccc1. The summed E-state index contributed by atoms with van der Waals surface area (Å²) in [6.45, 7) is 11.9. The van der Waals surface area contributed by atoms with E-state index in [4.69, 9.17) is 0 Å². The van der Waals surface area contributed by atoms with Crippen molar-refractivity contribution in [3.05, 3.63) is 125 Å². The van der Waals surface area contributed by atoms with Gasteiger partial charge in [0.1, 0.15) is 0 Å². The largest absolute Gasteiger partial charge is 0.324 e. The first kappa shape index (κ1) is 21.1. The fourth-order valence-electron chi connectivity index (χ4n) is 4.44. The quantitative estimate of drug-likeness (QED) is 0.420. The van der Waals surface area contributed by atoms with Crippen molar-refractivity contribution in [2.24, 2.45) is 0 Å². The molecule has 0 N–H and O–H groups in total. The van der Waals surface area contributed by atoms with E-state index >= 15 is 0 Å². The van der Waals surface area contributed by atoms with Crippen LogP contribution in [0.5, 0.6) is 0 Å². The zero-order valence-corrected chi connectivity index (χ0v) is 19.5. The van der Waals surface area contributed by atoms with Gasteiger partial charge in [-0.05, 0) is 27.8 Å². The molecule has 4 rings (SSSR count). The van der Waals surface area contributed by atoms with Crippen LogP contribution in [0, 0.1) is 0 Å². The number of carbonyl (C=O) groups is 1. The van der Waals surface area contributed by atoms with E-state index in [-0.39, 0.29) is 11.9 Å². The summed E-state index contributed by atoms with van der Waals surface area (Å²) in [6, 6.07) is 30.6. The Balaban J connectivity index is 1.94. The second-order valence-corrected chi connectivity index (χ2v) is 14.1. The highest BCUT2D eigenvalue weighted by Gasteiger charge is 2.42. The van der Waals surface area contributed by atoms with Crippen LogP contribution >= 0.6 is 0 Å². The summed E-state index contributed by atoms with van der Waals surface area (Å²) in [5.41, 5.74) is 5.36. The molecule has 0 radical (unpaired) electrons. The van der Waals surface area contributed by atoms with Gasteiger partial charge in [-0.2, -0.15) is 0 Å². The third-order valence-corrected chi connectivity index (χ3v) is 7.77. The third kappa shape index (κ3) is 4.19. The molecular weight excluding hydrogens is 394 g/mol. The molecule has 0 saturated heterocycles. The molecule has 1 amide bonds. The van der Waals surface area contributed by atoms with E-state index < -0.39 is 8.07 Å². The molecule has 0 aliphatic carbocycles. The van der Waals surface area contributed by atoms with E-state index in [1.165, 1.54) is 0 Å². The van der Waals surface area contributed by atoms with Gasteiger partial charge in [-0.1, -0.05) is 117 Å². The van der Waals surface area contributed by atoms with Crippen molar-refractivity contribution in [3.63, 3.8) is 0 Å². The molecular formula is C28H29NOSi. The Hall–Kier alpha value is -3.17. The average Bonchev–Trinajstić information content (AvgIpc) is 2.77. The Morgan fingerprint density at radius 3 is 1.87 bits per heavy atom. The average molecular weight is 424 g/mol. The maximum atomic E-state index is 14.2. The molecule has 3 aromatic carbocycles. The molecule has 31 heavy (non-hydrogen) atoms. The van der Waals surface area contributed by atoms with Crippen molar-refractivity contribution in [3.8, 4) is 0 Å². The van der Waals surface area contributed by atoms with Crippen molar-refractivity contribution in [1.82, 2.24) is 4.90 Å². The van der Waals surface area contributed by atoms with Gasteiger partial charge in [-0.25, -0.2) is 0 Å². The highest BCUT2D eigenvalue weighted by Crippen LogP contribution is 2.45. The molecule has 0 fully saturated rings. The van der Waals surface area contributed by atoms with Crippen LogP contribution in [0.25, 0.3) is 5.57 Å². The molecule has 156 valence electrons. The lowest BCUT2D eigenvalue weighted by Crippen LogP contribution is -2.46. The van der Waals surface area contributed by atoms with Crippen molar-refractivity contribution in [2.45, 2.75) is 32.2 Å². The summed E-state index contributed by atoms with van der Waals surface area (Å²) in [7, 11) is -1.97. The molecule has 3 aromatic rings.